The molecule has 0 radical (unpaired) electrons. The van der Waals surface area contributed by atoms with Gasteiger partial charge in [-0.2, -0.15) is 0 Å². The van der Waals surface area contributed by atoms with Gasteiger partial charge < -0.3 is 19.5 Å². The number of fused-ring (bicyclic) bond motifs is 1. The number of imidazole rings is 1. The average molecular weight is 449 g/mol. The van der Waals surface area contributed by atoms with E-state index in [1.54, 1.807) is 0 Å². The predicted octanol–water partition coefficient (Wildman–Crippen LogP) is 4.54. The topological polar surface area (TPSA) is 59.4 Å². The van der Waals surface area contributed by atoms with Gasteiger partial charge in [0.15, 0.2) is 0 Å². The second-order valence-corrected chi connectivity index (χ2v) is 9.30. The third kappa shape index (κ3) is 5.93. The minimum Gasteiger partial charge on any atom is -0.379 e. The molecule has 0 saturated carbocycles. The highest BCUT2D eigenvalue weighted by molar-refractivity contribution is 5.80. The van der Waals surface area contributed by atoms with E-state index >= 15 is 0 Å². The summed E-state index contributed by atoms with van der Waals surface area (Å²) in [6.07, 6.45) is 2.79. The quantitative estimate of drug-likeness (QED) is 0.488. The van der Waals surface area contributed by atoms with Crippen molar-refractivity contribution in [3.63, 3.8) is 0 Å². The van der Waals surface area contributed by atoms with Crippen LogP contribution in [-0.4, -0.2) is 47.8 Å². The Balaban J connectivity index is 1.40. The van der Waals surface area contributed by atoms with Gasteiger partial charge in [-0.25, -0.2) is 4.98 Å². The van der Waals surface area contributed by atoms with Crippen molar-refractivity contribution in [3.8, 4) is 0 Å². The lowest BCUT2D eigenvalue weighted by Gasteiger charge is -2.32. The Morgan fingerprint density at radius 2 is 1.85 bits per heavy atom. The fourth-order valence-electron chi connectivity index (χ4n) is 4.42. The maximum atomic E-state index is 12.6. The molecular formula is C27H36N4O2. The molecule has 1 aromatic heterocycles. The number of piperidine rings is 1. The van der Waals surface area contributed by atoms with Crippen LogP contribution < -0.4 is 10.2 Å². The fraction of sp³-hybridized carbons (Fsp3) is 0.481. The number of ether oxygens (including phenoxy) is 1. The fourth-order valence-corrected chi connectivity index (χ4v) is 4.42. The number of anilines is 1. The summed E-state index contributed by atoms with van der Waals surface area (Å²) in [6, 6.07) is 17.0. The van der Waals surface area contributed by atoms with E-state index in [0.29, 0.717) is 13.2 Å². The summed E-state index contributed by atoms with van der Waals surface area (Å²) < 4.78 is 7.86. The van der Waals surface area contributed by atoms with Crippen LogP contribution in [0.3, 0.4) is 0 Å². The number of carbonyl (C=O) groups excluding carboxylic acids is 1. The summed E-state index contributed by atoms with van der Waals surface area (Å²) in [7, 11) is 0. The summed E-state index contributed by atoms with van der Waals surface area (Å²) in [5.41, 5.74) is 4.70. The summed E-state index contributed by atoms with van der Waals surface area (Å²) in [5, 5.41) is 3.09. The molecule has 2 heterocycles. The first-order chi connectivity index (χ1) is 16.0. The van der Waals surface area contributed by atoms with Crippen LogP contribution in [0.5, 0.6) is 0 Å². The van der Waals surface area contributed by atoms with E-state index in [2.05, 4.69) is 64.2 Å². The van der Waals surface area contributed by atoms with Gasteiger partial charge in [-0.3, -0.25) is 4.79 Å². The van der Waals surface area contributed by atoms with Crippen molar-refractivity contribution in [2.45, 2.75) is 52.7 Å². The van der Waals surface area contributed by atoms with Gasteiger partial charge in [-0.05, 0) is 57.7 Å². The van der Waals surface area contributed by atoms with E-state index < -0.39 is 0 Å². The molecule has 1 amide bonds. The van der Waals surface area contributed by atoms with Gasteiger partial charge >= 0.3 is 0 Å². The zero-order valence-electron chi connectivity index (χ0n) is 20.1. The first-order valence-corrected chi connectivity index (χ1v) is 12.2. The number of rotatable bonds is 9. The smallest absolute Gasteiger partial charge is 0.223 e. The number of carbonyl (C=O) groups is 1. The largest absolute Gasteiger partial charge is 0.379 e. The number of hydrogen-bond acceptors (Lipinski definition) is 4. The zero-order chi connectivity index (χ0) is 23.2. The Bertz CT molecular complexity index is 1050. The SMILES string of the molecule is Cc1ccc(Cn2c(N3CCC(C(=O)NCCCOC(C)C)CC3)nc3ccccc32)cc1. The Kier molecular flexibility index (Phi) is 7.65. The number of amides is 1. The van der Waals surface area contributed by atoms with E-state index in [9.17, 15) is 4.79 Å². The van der Waals surface area contributed by atoms with Crippen LogP contribution >= 0.6 is 0 Å². The lowest BCUT2D eigenvalue weighted by atomic mass is 9.96. The molecule has 1 saturated heterocycles. The Labute approximate surface area is 196 Å². The molecule has 33 heavy (non-hydrogen) atoms. The van der Waals surface area contributed by atoms with Gasteiger partial charge in [0.05, 0.1) is 23.7 Å². The van der Waals surface area contributed by atoms with Crippen LogP contribution in [0.15, 0.2) is 48.5 Å². The molecule has 0 unspecified atom stereocenters. The summed E-state index contributed by atoms with van der Waals surface area (Å²) in [6.45, 7) is 10.0. The minimum absolute atomic E-state index is 0.0715. The standard InChI is InChI=1S/C27H36N4O2/c1-20(2)33-18-6-15-28-26(32)23-13-16-30(17-14-23)27-29-24-7-4-5-8-25(24)31(27)19-22-11-9-21(3)10-12-22/h4-5,7-12,20,23H,6,13-19H2,1-3H3,(H,28,32). The van der Waals surface area contributed by atoms with Gasteiger partial charge in [0.2, 0.25) is 11.9 Å². The molecule has 176 valence electrons. The summed E-state index contributed by atoms with van der Waals surface area (Å²) in [4.78, 5) is 19.9. The summed E-state index contributed by atoms with van der Waals surface area (Å²) >= 11 is 0. The van der Waals surface area contributed by atoms with Gasteiger partial charge in [0.1, 0.15) is 0 Å². The lowest BCUT2D eigenvalue weighted by molar-refractivity contribution is -0.125. The van der Waals surface area contributed by atoms with E-state index in [-0.39, 0.29) is 17.9 Å². The number of nitrogens with zero attached hydrogens (tertiary/aromatic N) is 3. The monoisotopic (exact) mass is 448 g/mol. The van der Waals surface area contributed by atoms with Gasteiger partial charge in [-0.1, -0.05) is 42.0 Å². The molecule has 1 fully saturated rings. The van der Waals surface area contributed by atoms with Crippen molar-refractivity contribution in [2.24, 2.45) is 5.92 Å². The maximum absolute atomic E-state index is 12.6. The highest BCUT2D eigenvalue weighted by atomic mass is 16.5. The lowest BCUT2D eigenvalue weighted by Crippen LogP contribution is -2.41. The number of aryl methyl sites for hydroxylation is 1. The van der Waals surface area contributed by atoms with E-state index in [4.69, 9.17) is 9.72 Å². The zero-order valence-corrected chi connectivity index (χ0v) is 20.1. The molecular weight excluding hydrogens is 412 g/mol. The average Bonchev–Trinajstić information content (AvgIpc) is 3.18. The van der Waals surface area contributed by atoms with E-state index in [0.717, 1.165) is 55.9 Å². The number of benzene rings is 2. The molecule has 4 rings (SSSR count). The van der Waals surface area contributed by atoms with Crippen LogP contribution in [0, 0.1) is 12.8 Å². The second kappa shape index (κ2) is 10.8. The molecule has 1 aliphatic rings. The van der Waals surface area contributed by atoms with Gasteiger partial charge in [0, 0.05) is 32.2 Å². The normalized spacial score (nSPS) is 14.8. The second-order valence-electron chi connectivity index (χ2n) is 9.30. The van der Waals surface area contributed by atoms with Crippen molar-refractivity contribution < 1.29 is 9.53 Å². The number of aromatic nitrogens is 2. The molecule has 0 bridgehead atoms. The van der Waals surface area contributed by atoms with Gasteiger partial charge in [0.25, 0.3) is 0 Å². The number of nitrogens with one attached hydrogen (secondary N) is 1. The maximum Gasteiger partial charge on any atom is 0.223 e. The summed E-state index contributed by atoms with van der Waals surface area (Å²) in [5.74, 6) is 1.25. The Hall–Kier alpha value is -2.86. The molecule has 0 atom stereocenters. The Morgan fingerprint density at radius 1 is 1.12 bits per heavy atom. The van der Waals surface area contributed by atoms with Crippen molar-refractivity contribution in [1.29, 1.82) is 0 Å². The highest BCUT2D eigenvalue weighted by Crippen LogP contribution is 2.28. The molecule has 1 aliphatic heterocycles. The van der Waals surface area contributed by atoms with Crippen LogP contribution in [0.4, 0.5) is 5.95 Å². The molecule has 6 heteroatoms. The van der Waals surface area contributed by atoms with Crippen molar-refractivity contribution in [2.75, 3.05) is 31.1 Å². The van der Waals surface area contributed by atoms with E-state index in [1.807, 2.05) is 19.9 Å². The number of para-hydroxylation sites is 2. The molecule has 6 nitrogen and oxygen atoms in total. The molecule has 0 spiro atoms. The van der Waals surface area contributed by atoms with Crippen LogP contribution in [0.25, 0.3) is 11.0 Å². The molecule has 1 N–H and O–H groups in total. The minimum atomic E-state index is 0.0715. The molecule has 2 aromatic carbocycles. The third-order valence-corrected chi connectivity index (χ3v) is 6.32. The van der Waals surface area contributed by atoms with E-state index in [1.165, 1.54) is 11.1 Å². The van der Waals surface area contributed by atoms with Crippen molar-refractivity contribution in [3.05, 3.63) is 59.7 Å². The first-order valence-electron chi connectivity index (χ1n) is 12.2. The molecule has 0 aliphatic carbocycles. The van der Waals surface area contributed by atoms with Crippen molar-refractivity contribution >= 4 is 22.9 Å². The Morgan fingerprint density at radius 3 is 2.58 bits per heavy atom. The van der Waals surface area contributed by atoms with Crippen molar-refractivity contribution in [1.82, 2.24) is 14.9 Å². The highest BCUT2D eigenvalue weighted by Gasteiger charge is 2.27. The van der Waals surface area contributed by atoms with Crippen LogP contribution in [0.1, 0.15) is 44.2 Å². The predicted molar refractivity (Wildman–Crippen MR) is 134 cm³/mol. The van der Waals surface area contributed by atoms with Gasteiger partial charge in [-0.15, -0.1) is 0 Å². The van der Waals surface area contributed by atoms with Crippen LogP contribution in [-0.2, 0) is 16.1 Å². The number of hydrogen-bond donors (Lipinski definition) is 1. The van der Waals surface area contributed by atoms with Crippen LogP contribution in [0.2, 0.25) is 0 Å². The third-order valence-electron chi connectivity index (χ3n) is 6.32. The first kappa shape index (κ1) is 23.3. The molecule has 3 aromatic rings.